The summed E-state index contributed by atoms with van der Waals surface area (Å²) in [5.74, 6) is -5.55. The normalized spacial score (nSPS) is 17.2. The van der Waals surface area contributed by atoms with Gasteiger partial charge >= 0.3 is 0 Å². The Bertz CT molecular complexity index is 1390. The Kier molecular flexibility index (Phi) is 7.36. The quantitative estimate of drug-likeness (QED) is 0.460. The molecule has 2 aromatic carbocycles. The maximum absolute atomic E-state index is 15.1. The number of ketones is 1. The van der Waals surface area contributed by atoms with Gasteiger partial charge in [0.1, 0.15) is 11.7 Å². The van der Waals surface area contributed by atoms with Crippen LogP contribution in [0.3, 0.4) is 0 Å². The molecule has 3 aromatic rings. The molecule has 5 rings (SSSR count). The Morgan fingerprint density at radius 3 is 2.50 bits per heavy atom. The average molecular weight is 524 g/mol. The topological polar surface area (TPSA) is 95.9 Å². The highest BCUT2D eigenvalue weighted by Gasteiger charge is 2.29. The molecule has 2 N–H and O–H groups in total. The molecule has 0 spiro atoms. The Labute approximate surface area is 216 Å². The number of morpholine rings is 1. The molecule has 2 aliphatic heterocycles. The maximum Gasteiger partial charge on any atom is 0.253 e. The molecule has 3 heterocycles. The Morgan fingerprint density at radius 1 is 1.03 bits per heavy atom. The number of pyridine rings is 1. The number of amides is 1. The molecule has 0 bridgehead atoms. The van der Waals surface area contributed by atoms with Crippen molar-refractivity contribution < 1.29 is 27.5 Å². The van der Waals surface area contributed by atoms with E-state index in [9.17, 15) is 18.4 Å². The predicted molar refractivity (Wildman–Crippen MR) is 136 cm³/mol. The van der Waals surface area contributed by atoms with Gasteiger partial charge in [0.15, 0.2) is 17.4 Å². The fourth-order valence-electron chi connectivity index (χ4n) is 4.42. The second-order valence-electron chi connectivity index (χ2n) is 8.82. The minimum absolute atomic E-state index is 0.177. The van der Waals surface area contributed by atoms with Crippen LogP contribution in [0, 0.1) is 17.6 Å². The molecule has 38 heavy (non-hydrogen) atoms. The molecule has 196 valence electrons. The number of aliphatic imine (C=N–C) groups is 1. The highest BCUT2D eigenvalue weighted by atomic mass is 19.2. The first-order valence-corrected chi connectivity index (χ1v) is 12.1. The standard InChI is InChI=1S/C27H24F3N5O3/c28-21-24(35-10-12-38-13-11-35)22(29)26(34-25(21)30)31-15-17(36)14-20-27(37)33-19-9-5-4-8-18(19)23(32-20)16-6-2-1-3-7-16/h1-9,20H,10-15H2,(H,31,34)(H,33,37). The van der Waals surface area contributed by atoms with E-state index in [1.807, 2.05) is 42.5 Å². The first-order chi connectivity index (χ1) is 18.4. The number of halogens is 3. The number of Topliss-reactive ketones (excluding diaryl/α,β-unsaturated/α-hetero) is 1. The van der Waals surface area contributed by atoms with Gasteiger partial charge in [0, 0.05) is 30.6 Å². The minimum atomic E-state index is -1.49. The number of aromatic nitrogens is 1. The van der Waals surface area contributed by atoms with E-state index < -0.39 is 53.4 Å². The summed E-state index contributed by atoms with van der Waals surface area (Å²) in [5, 5.41) is 5.27. The lowest BCUT2D eigenvalue weighted by Crippen LogP contribution is -2.38. The molecule has 11 heteroatoms. The van der Waals surface area contributed by atoms with Crippen LogP contribution in [-0.4, -0.2) is 61.3 Å². The summed E-state index contributed by atoms with van der Waals surface area (Å²) in [7, 11) is 0. The molecule has 8 nitrogen and oxygen atoms in total. The van der Waals surface area contributed by atoms with Crippen molar-refractivity contribution in [2.24, 2.45) is 4.99 Å². The molecule has 1 amide bonds. The van der Waals surface area contributed by atoms with Gasteiger partial charge in [0.05, 0.1) is 31.2 Å². The summed E-state index contributed by atoms with van der Waals surface area (Å²) in [4.78, 5) is 35.1. The van der Waals surface area contributed by atoms with Crippen molar-refractivity contribution in [2.75, 3.05) is 48.4 Å². The summed E-state index contributed by atoms with van der Waals surface area (Å²) in [5.41, 5.74) is 2.04. The third-order valence-electron chi connectivity index (χ3n) is 6.29. The van der Waals surface area contributed by atoms with Gasteiger partial charge in [-0.3, -0.25) is 14.6 Å². The fourth-order valence-corrected chi connectivity index (χ4v) is 4.42. The highest BCUT2D eigenvalue weighted by Crippen LogP contribution is 2.30. The molecular weight excluding hydrogens is 499 g/mol. The second-order valence-corrected chi connectivity index (χ2v) is 8.82. The largest absolute Gasteiger partial charge is 0.378 e. The summed E-state index contributed by atoms with van der Waals surface area (Å²) in [6.45, 7) is 0.364. The van der Waals surface area contributed by atoms with Crippen molar-refractivity contribution in [2.45, 2.75) is 12.5 Å². The number of benzodiazepines with no additional fused rings is 1. The third-order valence-corrected chi connectivity index (χ3v) is 6.29. The van der Waals surface area contributed by atoms with Crippen molar-refractivity contribution in [1.82, 2.24) is 4.98 Å². The third kappa shape index (κ3) is 5.23. The first-order valence-electron chi connectivity index (χ1n) is 12.1. The van der Waals surface area contributed by atoms with E-state index in [4.69, 9.17) is 4.74 Å². The maximum atomic E-state index is 15.1. The molecule has 1 atom stereocenters. The van der Waals surface area contributed by atoms with E-state index in [1.54, 1.807) is 12.1 Å². The molecule has 1 saturated heterocycles. The number of hydrogen-bond acceptors (Lipinski definition) is 7. The molecule has 1 fully saturated rings. The van der Waals surface area contributed by atoms with Crippen LogP contribution in [0.25, 0.3) is 0 Å². The van der Waals surface area contributed by atoms with Crippen LogP contribution in [0.2, 0.25) is 0 Å². The lowest BCUT2D eigenvalue weighted by atomic mass is 10.0. The molecule has 0 saturated carbocycles. The summed E-state index contributed by atoms with van der Waals surface area (Å²) in [6, 6.07) is 15.4. The highest BCUT2D eigenvalue weighted by molar-refractivity contribution is 6.20. The average Bonchev–Trinajstić information content (AvgIpc) is 3.07. The zero-order valence-corrected chi connectivity index (χ0v) is 20.2. The van der Waals surface area contributed by atoms with Crippen LogP contribution in [0.15, 0.2) is 59.6 Å². The monoisotopic (exact) mass is 523 g/mol. The van der Waals surface area contributed by atoms with Gasteiger partial charge in [-0.1, -0.05) is 48.5 Å². The minimum Gasteiger partial charge on any atom is -0.378 e. The van der Waals surface area contributed by atoms with Gasteiger partial charge in [0.25, 0.3) is 5.95 Å². The zero-order chi connectivity index (χ0) is 26.6. The summed E-state index contributed by atoms with van der Waals surface area (Å²) >= 11 is 0. The van der Waals surface area contributed by atoms with Crippen molar-refractivity contribution in [3.63, 3.8) is 0 Å². The van der Waals surface area contributed by atoms with Crippen LogP contribution in [0.5, 0.6) is 0 Å². The van der Waals surface area contributed by atoms with Gasteiger partial charge in [-0.2, -0.15) is 13.8 Å². The number of ether oxygens (including phenoxy) is 1. The Hall–Kier alpha value is -4.25. The number of anilines is 3. The van der Waals surface area contributed by atoms with E-state index in [2.05, 4.69) is 20.6 Å². The van der Waals surface area contributed by atoms with Crippen molar-refractivity contribution >= 4 is 34.6 Å². The van der Waals surface area contributed by atoms with Crippen LogP contribution < -0.4 is 15.5 Å². The van der Waals surface area contributed by atoms with E-state index in [1.165, 1.54) is 4.90 Å². The molecule has 1 aromatic heterocycles. The second kappa shape index (κ2) is 11.0. The lowest BCUT2D eigenvalue weighted by molar-refractivity contribution is -0.122. The van der Waals surface area contributed by atoms with E-state index in [0.29, 0.717) is 17.0 Å². The number of fused-ring (bicyclic) bond motifs is 1. The van der Waals surface area contributed by atoms with E-state index in [-0.39, 0.29) is 32.7 Å². The fraction of sp³-hybridized carbons (Fsp3) is 0.259. The number of benzene rings is 2. The van der Waals surface area contributed by atoms with Gasteiger partial charge in [-0.25, -0.2) is 4.39 Å². The number of hydrogen-bond donors (Lipinski definition) is 2. The SMILES string of the molecule is O=C(CNc1nc(F)c(F)c(N2CCOCC2)c1F)CC1N=C(c2ccccc2)c2ccccc2NC1=O. The van der Waals surface area contributed by atoms with Crippen LogP contribution in [0.1, 0.15) is 17.5 Å². The predicted octanol–water partition coefficient (Wildman–Crippen LogP) is 3.56. The number of carbonyl (C=O) groups is 2. The number of nitrogens with one attached hydrogen (secondary N) is 2. The molecule has 0 radical (unpaired) electrons. The van der Waals surface area contributed by atoms with Gasteiger partial charge in [0.2, 0.25) is 11.7 Å². The first kappa shape index (κ1) is 25.4. The van der Waals surface area contributed by atoms with Gasteiger partial charge in [-0.05, 0) is 6.07 Å². The van der Waals surface area contributed by atoms with Crippen LogP contribution in [0.4, 0.5) is 30.4 Å². The Balaban J connectivity index is 1.35. The number of rotatable bonds is 7. The van der Waals surface area contributed by atoms with Crippen molar-refractivity contribution in [3.05, 3.63) is 83.3 Å². The van der Waals surface area contributed by atoms with Gasteiger partial charge in [-0.15, -0.1) is 0 Å². The molecule has 1 unspecified atom stereocenters. The van der Waals surface area contributed by atoms with Gasteiger partial charge < -0.3 is 20.3 Å². The zero-order valence-electron chi connectivity index (χ0n) is 20.2. The summed E-state index contributed by atoms with van der Waals surface area (Å²) < 4.78 is 48.9. The van der Waals surface area contributed by atoms with Crippen LogP contribution >= 0.6 is 0 Å². The number of carbonyl (C=O) groups excluding carboxylic acids is 2. The number of nitrogens with zero attached hydrogens (tertiary/aromatic N) is 3. The molecular formula is C27H24F3N5O3. The van der Waals surface area contributed by atoms with E-state index >= 15 is 4.39 Å². The number of para-hydroxylation sites is 1. The lowest BCUT2D eigenvalue weighted by Gasteiger charge is -2.29. The van der Waals surface area contributed by atoms with Crippen LogP contribution in [-0.2, 0) is 14.3 Å². The smallest absolute Gasteiger partial charge is 0.253 e. The molecule has 0 aliphatic carbocycles. The van der Waals surface area contributed by atoms with E-state index in [0.717, 1.165) is 5.56 Å². The summed E-state index contributed by atoms with van der Waals surface area (Å²) in [6.07, 6.45) is -0.301. The van der Waals surface area contributed by atoms with Crippen molar-refractivity contribution in [3.8, 4) is 0 Å². The molecule has 2 aliphatic rings. The van der Waals surface area contributed by atoms with Crippen molar-refractivity contribution in [1.29, 1.82) is 0 Å². The Morgan fingerprint density at radius 2 is 1.74 bits per heavy atom.